The lowest BCUT2D eigenvalue weighted by Crippen LogP contribution is -2.49. The van der Waals surface area contributed by atoms with Gasteiger partial charge in [0, 0.05) is 6.61 Å². The molecule has 2 nitrogen and oxygen atoms in total. The largest absolute Gasteiger partial charge is 0.374 e. The summed E-state index contributed by atoms with van der Waals surface area (Å²) in [7, 11) is 0. The maximum atomic E-state index is 5.79. The SMILES string of the molecule is C=CC(NCCC)C(C)(CC)OCC. The molecule has 1 N–H and O–H groups in total. The first-order valence-corrected chi connectivity index (χ1v) is 5.64. The molecule has 0 heterocycles. The molecule has 0 aromatic carbocycles. The zero-order chi connectivity index (χ0) is 11.0. The van der Waals surface area contributed by atoms with Gasteiger partial charge in [0.2, 0.25) is 0 Å². The van der Waals surface area contributed by atoms with Crippen molar-refractivity contribution in [1.82, 2.24) is 5.32 Å². The van der Waals surface area contributed by atoms with Crippen molar-refractivity contribution in [3.8, 4) is 0 Å². The van der Waals surface area contributed by atoms with E-state index in [2.05, 4.69) is 32.7 Å². The maximum absolute atomic E-state index is 5.79. The Hall–Kier alpha value is -0.340. The zero-order valence-electron chi connectivity index (χ0n) is 10.1. The van der Waals surface area contributed by atoms with E-state index in [-0.39, 0.29) is 11.6 Å². The monoisotopic (exact) mass is 199 g/mol. The minimum atomic E-state index is -0.119. The fourth-order valence-corrected chi connectivity index (χ4v) is 1.59. The standard InChI is InChI=1S/C12H25NO/c1-6-10-13-11(7-2)12(5,8-3)14-9-4/h7,11,13H,2,6,8-10H2,1,3-5H3. The smallest absolute Gasteiger partial charge is 0.0839 e. The number of nitrogens with one attached hydrogen (secondary N) is 1. The van der Waals surface area contributed by atoms with Gasteiger partial charge in [0.25, 0.3) is 0 Å². The average molecular weight is 199 g/mol. The summed E-state index contributed by atoms with van der Waals surface area (Å²) in [6.07, 6.45) is 4.08. The van der Waals surface area contributed by atoms with E-state index in [1.54, 1.807) is 0 Å². The molecule has 2 heteroatoms. The number of ether oxygens (including phenoxy) is 1. The predicted octanol–water partition coefficient (Wildman–Crippen LogP) is 2.75. The summed E-state index contributed by atoms with van der Waals surface area (Å²) < 4.78 is 5.79. The fraction of sp³-hybridized carbons (Fsp3) is 0.833. The van der Waals surface area contributed by atoms with E-state index in [0.717, 1.165) is 26.0 Å². The molecule has 0 aliphatic carbocycles. The van der Waals surface area contributed by atoms with Gasteiger partial charge in [-0.2, -0.15) is 0 Å². The van der Waals surface area contributed by atoms with E-state index in [9.17, 15) is 0 Å². The van der Waals surface area contributed by atoms with Gasteiger partial charge in [-0.1, -0.05) is 19.9 Å². The quantitative estimate of drug-likeness (QED) is 0.607. The van der Waals surface area contributed by atoms with Crippen molar-refractivity contribution in [2.24, 2.45) is 0 Å². The highest BCUT2D eigenvalue weighted by molar-refractivity contribution is 4.99. The molecule has 0 fully saturated rings. The Balaban J connectivity index is 4.33. The molecule has 0 aromatic rings. The minimum Gasteiger partial charge on any atom is -0.374 e. The number of rotatable bonds is 8. The highest BCUT2D eigenvalue weighted by atomic mass is 16.5. The van der Waals surface area contributed by atoms with Crippen molar-refractivity contribution in [3.63, 3.8) is 0 Å². The van der Waals surface area contributed by atoms with Crippen molar-refractivity contribution in [2.75, 3.05) is 13.2 Å². The van der Waals surface area contributed by atoms with Gasteiger partial charge >= 0.3 is 0 Å². The van der Waals surface area contributed by atoms with Crippen LogP contribution in [0.2, 0.25) is 0 Å². The molecular weight excluding hydrogens is 174 g/mol. The maximum Gasteiger partial charge on any atom is 0.0839 e. The van der Waals surface area contributed by atoms with Crippen molar-refractivity contribution in [3.05, 3.63) is 12.7 Å². The van der Waals surface area contributed by atoms with Gasteiger partial charge in [-0.05, 0) is 33.2 Å². The summed E-state index contributed by atoms with van der Waals surface area (Å²) in [4.78, 5) is 0. The lowest BCUT2D eigenvalue weighted by atomic mass is 9.93. The van der Waals surface area contributed by atoms with Crippen LogP contribution in [0.5, 0.6) is 0 Å². The van der Waals surface area contributed by atoms with Crippen LogP contribution in [0.25, 0.3) is 0 Å². The molecule has 0 rings (SSSR count). The van der Waals surface area contributed by atoms with E-state index in [4.69, 9.17) is 4.74 Å². The second-order valence-electron chi connectivity index (χ2n) is 3.77. The van der Waals surface area contributed by atoms with Crippen molar-refractivity contribution in [2.45, 2.75) is 52.2 Å². The summed E-state index contributed by atoms with van der Waals surface area (Å²) in [5, 5.41) is 3.45. The van der Waals surface area contributed by atoms with E-state index < -0.39 is 0 Å². The predicted molar refractivity (Wildman–Crippen MR) is 62.6 cm³/mol. The number of hydrogen-bond acceptors (Lipinski definition) is 2. The lowest BCUT2D eigenvalue weighted by molar-refractivity contribution is -0.0438. The van der Waals surface area contributed by atoms with Gasteiger partial charge in [0.15, 0.2) is 0 Å². The number of hydrogen-bond donors (Lipinski definition) is 1. The third-order valence-electron chi connectivity index (χ3n) is 2.68. The second kappa shape index (κ2) is 7.02. The highest BCUT2D eigenvalue weighted by Crippen LogP contribution is 2.20. The summed E-state index contributed by atoms with van der Waals surface area (Å²) in [6.45, 7) is 14.1. The average Bonchev–Trinajstić information content (AvgIpc) is 2.19. The molecule has 2 atom stereocenters. The highest BCUT2D eigenvalue weighted by Gasteiger charge is 2.30. The van der Waals surface area contributed by atoms with Crippen LogP contribution in [0.1, 0.15) is 40.5 Å². The van der Waals surface area contributed by atoms with Crippen LogP contribution in [0.4, 0.5) is 0 Å². The molecule has 0 aliphatic heterocycles. The molecular formula is C12H25NO. The zero-order valence-corrected chi connectivity index (χ0v) is 10.1. The van der Waals surface area contributed by atoms with Crippen LogP contribution in [-0.2, 0) is 4.74 Å². The van der Waals surface area contributed by atoms with Crippen LogP contribution >= 0.6 is 0 Å². The van der Waals surface area contributed by atoms with Gasteiger partial charge in [-0.25, -0.2) is 0 Å². The summed E-state index contributed by atoms with van der Waals surface area (Å²) >= 11 is 0. The van der Waals surface area contributed by atoms with Crippen LogP contribution in [0, 0.1) is 0 Å². The van der Waals surface area contributed by atoms with E-state index in [1.165, 1.54) is 0 Å². The molecule has 0 bridgehead atoms. The normalized spacial score (nSPS) is 17.4. The van der Waals surface area contributed by atoms with E-state index in [0.29, 0.717) is 0 Å². The van der Waals surface area contributed by atoms with Gasteiger partial charge in [-0.15, -0.1) is 6.58 Å². The van der Waals surface area contributed by atoms with Crippen molar-refractivity contribution < 1.29 is 4.74 Å². The van der Waals surface area contributed by atoms with Gasteiger partial charge in [0.05, 0.1) is 11.6 Å². The second-order valence-corrected chi connectivity index (χ2v) is 3.77. The van der Waals surface area contributed by atoms with Crippen LogP contribution in [0.3, 0.4) is 0 Å². The molecule has 2 unspecified atom stereocenters. The van der Waals surface area contributed by atoms with Gasteiger partial charge < -0.3 is 10.1 Å². The molecule has 0 saturated carbocycles. The summed E-state index contributed by atoms with van der Waals surface area (Å²) in [6, 6.07) is 0.243. The Morgan fingerprint density at radius 2 is 2.07 bits per heavy atom. The molecule has 84 valence electrons. The Morgan fingerprint density at radius 3 is 2.43 bits per heavy atom. The topological polar surface area (TPSA) is 21.3 Å². The molecule has 0 aromatic heterocycles. The first kappa shape index (κ1) is 13.7. The summed E-state index contributed by atoms with van der Waals surface area (Å²) in [5.74, 6) is 0. The Bertz CT molecular complexity index is 158. The van der Waals surface area contributed by atoms with Crippen LogP contribution < -0.4 is 5.32 Å². The fourth-order valence-electron chi connectivity index (χ4n) is 1.59. The van der Waals surface area contributed by atoms with Gasteiger partial charge in [-0.3, -0.25) is 0 Å². The Labute approximate surface area is 88.7 Å². The van der Waals surface area contributed by atoms with Crippen LogP contribution in [0.15, 0.2) is 12.7 Å². The van der Waals surface area contributed by atoms with Crippen molar-refractivity contribution >= 4 is 0 Å². The molecule has 0 amide bonds. The third kappa shape index (κ3) is 3.81. The van der Waals surface area contributed by atoms with E-state index in [1.807, 2.05) is 13.0 Å². The molecule has 14 heavy (non-hydrogen) atoms. The van der Waals surface area contributed by atoms with E-state index >= 15 is 0 Å². The van der Waals surface area contributed by atoms with Crippen molar-refractivity contribution in [1.29, 1.82) is 0 Å². The summed E-state index contributed by atoms with van der Waals surface area (Å²) in [5.41, 5.74) is -0.119. The molecule has 0 radical (unpaired) electrons. The molecule has 0 saturated heterocycles. The first-order valence-electron chi connectivity index (χ1n) is 5.64. The third-order valence-corrected chi connectivity index (χ3v) is 2.68. The molecule has 0 aliphatic rings. The first-order chi connectivity index (χ1) is 6.64. The van der Waals surface area contributed by atoms with Gasteiger partial charge in [0.1, 0.15) is 0 Å². The minimum absolute atomic E-state index is 0.119. The Morgan fingerprint density at radius 1 is 1.43 bits per heavy atom. The van der Waals surface area contributed by atoms with Crippen LogP contribution in [-0.4, -0.2) is 24.8 Å². The Kier molecular flexibility index (Phi) is 6.85. The lowest BCUT2D eigenvalue weighted by Gasteiger charge is -2.35. The molecule has 0 spiro atoms.